The highest BCUT2D eigenvalue weighted by molar-refractivity contribution is 5.07. The molecule has 0 aromatic rings. The van der Waals surface area contributed by atoms with Crippen molar-refractivity contribution in [1.82, 2.24) is 0 Å². The number of fused-ring (bicyclic) bond motifs is 3. The Morgan fingerprint density at radius 2 is 1.84 bits per heavy atom. The topological polar surface area (TPSA) is 29.5 Å². The van der Waals surface area contributed by atoms with Crippen LogP contribution in [0.5, 0.6) is 0 Å². The van der Waals surface area contributed by atoms with Gasteiger partial charge in [0.1, 0.15) is 0 Å². The van der Waals surface area contributed by atoms with Gasteiger partial charge >= 0.3 is 0 Å². The zero-order valence-corrected chi connectivity index (χ0v) is 12.8. The Hall–Kier alpha value is -0.340. The molecule has 1 heterocycles. The van der Waals surface area contributed by atoms with Crippen molar-refractivity contribution in [3.05, 3.63) is 13.2 Å². The fraction of sp³-hybridized carbons (Fsp3) is 0.882. The highest BCUT2D eigenvalue weighted by Crippen LogP contribution is 2.62. The summed E-state index contributed by atoms with van der Waals surface area (Å²) in [5.74, 6) is 2.27. The van der Waals surface area contributed by atoms with Crippen LogP contribution in [0.4, 0.5) is 0 Å². The van der Waals surface area contributed by atoms with Gasteiger partial charge in [0.25, 0.3) is 0 Å². The SMILES string of the molecule is C=C.C[C@H]1CCC[C@@]2(C)C1CC[C@@]1(C)OC(O)C[C@@H]12. The van der Waals surface area contributed by atoms with Gasteiger partial charge in [-0.1, -0.05) is 26.7 Å². The molecule has 0 spiro atoms. The Morgan fingerprint density at radius 3 is 2.53 bits per heavy atom. The molecule has 2 saturated carbocycles. The second-order valence-corrected chi connectivity index (χ2v) is 7.19. The van der Waals surface area contributed by atoms with Gasteiger partial charge in [-0.15, -0.1) is 13.2 Å². The lowest BCUT2D eigenvalue weighted by atomic mass is 9.49. The highest BCUT2D eigenvalue weighted by atomic mass is 16.6. The van der Waals surface area contributed by atoms with E-state index in [1.54, 1.807) is 0 Å². The van der Waals surface area contributed by atoms with Crippen molar-refractivity contribution in [3.8, 4) is 0 Å². The Morgan fingerprint density at radius 1 is 1.16 bits per heavy atom. The van der Waals surface area contributed by atoms with Crippen LogP contribution < -0.4 is 0 Å². The first-order chi connectivity index (χ1) is 8.96. The summed E-state index contributed by atoms with van der Waals surface area (Å²) >= 11 is 0. The summed E-state index contributed by atoms with van der Waals surface area (Å²) in [5.41, 5.74) is 0.351. The average Bonchev–Trinajstić information content (AvgIpc) is 2.68. The largest absolute Gasteiger partial charge is 0.368 e. The molecule has 1 saturated heterocycles. The monoisotopic (exact) mass is 266 g/mol. The number of aliphatic hydroxyl groups excluding tert-OH is 1. The Bertz CT molecular complexity index is 329. The first-order valence-electron chi connectivity index (χ1n) is 7.81. The maximum absolute atomic E-state index is 9.87. The van der Waals surface area contributed by atoms with Gasteiger partial charge < -0.3 is 9.84 Å². The highest BCUT2D eigenvalue weighted by Gasteiger charge is 2.59. The third-order valence-corrected chi connectivity index (χ3v) is 6.24. The molecule has 0 bridgehead atoms. The molecule has 0 radical (unpaired) electrons. The van der Waals surface area contributed by atoms with Gasteiger partial charge in [-0.2, -0.15) is 0 Å². The van der Waals surface area contributed by atoms with Crippen LogP contribution in [0.15, 0.2) is 13.2 Å². The van der Waals surface area contributed by atoms with E-state index in [1.165, 1.54) is 25.7 Å². The molecule has 110 valence electrons. The van der Waals surface area contributed by atoms with E-state index < -0.39 is 6.29 Å². The van der Waals surface area contributed by atoms with E-state index in [-0.39, 0.29) is 5.60 Å². The number of hydrogen-bond donors (Lipinski definition) is 1. The molecule has 2 heteroatoms. The predicted octanol–water partition coefficient (Wildman–Crippen LogP) is 4.14. The van der Waals surface area contributed by atoms with Crippen LogP contribution in [-0.4, -0.2) is 17.0 Å². The van der Waals surface area contributed by atoms with E-state index in [9.17, 15) is 5.11 Å². The third-order valence-electron chi connectivity index (χ3n) is 6.24. The van der Waals surface area contributed by atoms with Crippen molar-refractivity contribution in [2.75, 3.05) is 0 Å². The maximum Gasteiger partial charge on any atom is 0.155 e. The second kappa shape index (κ2) is 5.21. The van der Waals surface area contributed by atoms with Crippen molar-refractivity contribution in [2.45, 2.75) is 71.2 Å². The maximum atomic E-state index is 9.87. The van der Waals surface area contributed by atoms with Crippen molar-refractivity contribution in [2.24, 2.45) is 23.2 Å². The molecule has 2 unspecified atom stereocenters. The molecular weight excluding hydrogens is 236 g/mol. The first-order valence-corrected chi connectivity index (χ1v) is 7.81. The minimum atomic E-state index is -0.516. The van der Waals surface area contributed by atoms with E-state index in [1.807, 2.05) is 0 Å². The Kier molecular flexibility index (Phi) is 4.13. The quantitative estimate of drug-likeness (QED) is 0.668. The summed E-state index contributed by atoms with van der Waals surface area (Å²) in [6.45, 7) is 13.1. The zero-order valence-electron chi connectivity index (χ0n) is 12.8. The molecular formula is C17H30O2. The molecule has 1 N–H and O–H groups in total. The number of ether oxygens (including phenoxy) is 1. The molecule has 19 heavy (non-hydrogen) atoms. The molecule has 1 aliphatic heterocycles. The van der Waals surface area contributed by atoms with E-state index in [4.69, 9.17) is 4.74 Å². The summed E-state index contributed by atoms with van der Waals surface area (Å²) in [4.78, 5) is 0. The molecule has 0 aromatic carbocycles. The van der Waals surface area contributed by atoms with Gasteiger partial charge in [0, 0.05) is 6.42 Å². The van der Waals surface area contributed by atoms with E-state index in [0.29, 0.717) is 11.3 Å². The fourth-order valence-electron chi connectivity index (χ4n) is 5.42. The van der Waals surface area contributed by atoms with Gasteiger partial charge in [-0.25, -0.2) is 0 Å². The summed E-state index contributed by atoms with van der Waals surface area (Å²) < 4.78 is 5.86. The van der Waals surface area contributed by atoms with Crippen LogP contribution in [0.2, 0.25) is 0 Å². The molecule has 2 nitrogen and oxygen atoms in total. The lowest BCUT2D eigenvalue weighted by molar-refractivity contribution is -0.172. The molecule has 2 aliphatic carbocycles. The molecule has 3 rings (SSSR count). The smallest absolute Gasteiger partial charge is 0.155 e. The molecule has 6 atom stereocenters. The van der Waals surface area contributed by atoms with E-state index >= 15 is 0 Å². The summed E-state index contributed by atoms with van der Waals surface area (Å²) in [5, 5.41) is 9.87. The molecule has 3 aliphatic rings. The normalized spacial score (nSPS) is 52.6. The van der Waals surface area contributed by atoms with Crippen molar-refractivity contribution in [1.29, 1.82) is 0 Å². The standard InChI is InChI=1S/C15H26O2.C2H4/c1-10-5-4-7-14(2)11(10)6-8-15(3)12(14)9-13(16)17-15;1-2/h10-13,16H,4-9H2,1-3H3;1-2H2/t10-,11?,12+,13?,14-,15+;/m0./s1. The molecule has 3 fully saturated rings. The Labute approximate surface area is 118 Å². The Balaban J connectivity index is 0.000000637. The van der Waals surface area contributed by atoms with Crippen LogP contribution in [0.25, 0.3) is 0 Å². The van der Waals surface area contributed by atoms with Crippen LogP contribution in [0.1, 0.15) is 59.3 Å². The number of aliphatic hydroxyl groups is 1. The summed E-state index contributed by atoms with van der Waals surface area (Å²) in [6.07, 6.45) is 6.85. The number of hydrogen-bond acceptors (Lipinski definition) is 2. The molecule has 0 amide bonds. The summed E-state index contributed by atoms with van der Waals surface area (Å²) in [7, 11) is 0. The second-order valence-electron chi connectivity index (χ2n) is 7.19. The van der Waals surface area contributed by atoms with Crippen LogP contribution in [0, 0.1) is 23.2 Å². The van der Waals surface area contributed by atoms with E-state index in [0.717, 1.165) is 24.7 Å². The first kappa shape index (κ1) is 15.1. The lowest BCUT2D eigenvalue weighted by Gasteiger charge is -2.56. The zero-order chi connectivity index (χ0) is 14.3. The molecule has 0 aromatic heterocycles. The van der Waals surface area contributed by atoms with Gasteiger partial charge in [0.2, 0.25) is 0 Å². The van der Waals surface area contributed by atoms with Crippen molar-refractivity contribution < 1.29 is 9.84 Å². The van der Waals surface area contributed by atoms with Gasteiger partial charge in [-0.3, -0.25) is 0 Å². The van der Waals surface area contributed by atoms with E-state index in [2.05, 4.69) is 33.9 Å². The predicted molar refractivity (Wildman–Crippen MR) is 78.7 cm³/mol. The number of rotatable bonds is 0. The summed E-state index contributed by atoms with van der Waals surface area (Å²) in [6, 6.07) is 0. The fourth-order valence-corrected chi connectivity index (χ4v) is 5.42. The van der Waals surface area contributed by atoms with Crippen LogP contribution in [-0.2, 0) is 4.74 Å². The average molecular weight is 266 g/mol. The van der Waals surface area contributed by atoms with Crippen LogP contribution >= 0.6 is 0 Å². The van der Waals surface area contributed by atoms with Crippen LogP contribution in [0.3, 0.4) is 0 Å². The van der Waals surface area contributed by atoms with Crippen molar-refractivity contribution in [3.63, 3.8) is 0 Å². The van der Waals surface area contributed by atoms with Gasteiger partial charge in [-0.05, 0) is 49.4 Å². The van der Waals surface area contributed by atoms with Gasteiger partial charge in [0.15, 0.2) is 6.29 Å². The van der Waals surface area contributed by atoms with Gasteiger partial charge in [0.05, 0.1) is 5.60 Å². The minimum Gasteiger partial charge on any atom is -0.368 e. The third kappa shape index (κ3) is 2.27. The lowest BCUT2D eigenvalue weighted by Crippen LogP contribution is -2.53. The minimum absolute atomic E-state index is 0.0538. The van der Waals surface area contributed by atoms with Crippen molar-refractivity contribution >= 4 is 0 Å².